The third-order valence-electron chi connectivity index (χ3n) is 4.01. The average Bonchev–Trinajstić information content (AvgIpc) is 2.78. The van der Waals surface area contributed by atoms with Crippen LogP contribution >= 0.6 is 0 Å². The van der Waals surface area contributed by atoms with E-state index in [-0.39, 0.29) is 5.78 Å². The quantitative estimate of drug-likeness (QED) is 0.834. The van der Waals surface area contributed by atoms with Gasteiger partial charge < -0.3 is 5.73 Å². The van der Waals surface area contributed by atoms with Gasteiger partial charge in [-0.2, -0.15) is 0 Å². The maximum absolute atomic E-state index is 12.7. The Morgan fingerprint density at radius 2 is 1.79 bits per heavy atom. The van der Waals surface area contributed by atoms with E-state index in [9.17, 15) is 4.79 Å². The molecule has 2 nitrogen and oxygen atoms in total. The van der Waals surface area contributed by atoms with Crippen LogP contribution in [0.5, 0.6) is 0 Å². The predicted molar refractivity (Wildman–Crippen MR) is 76.1 cm³/mol. The third-order valence-corrected chi connectivity index (χ3v) is 4.01. The number of hydrogen-bond acceptors (Lipinski definition) is 2. The zero-order chi connectivity index (χ0) is 13.5. The topological polar surface area (TPSA) is 43.1 Å². The lowest BCUT2D eigenvalue weighted by molar-refractivity contribution is 0.0886. The number of carbonyl (C=O) groups excluding carboxylic acids is 1. The van der Waals surface area contributed by atoms with Crippen molar-refractivity contribution in [2.45, 2.75) is 25.3 Å². The summed E-state index contributed by atoms with van der Waals surface area (Å²) in [5.74, 6) is 0.0254. The summed E-state index contributed by atoms with van der Waals surface area (Å²) in [5.41, 5.74) is 9.61. The Bertz CT molecular complexity index is 630. The summed E-state index contributed by atoms with van der Waals surface area (Å²) < 4.78 is 0. The van der Waals surface area contributed by atoms with Gasteiger partial charge >= 0.3 is 0 Å². The normalized spacial score (nSPS) is 21.2. The molecule has 1 aliphatic carbocycles. The lowest BCUT2D eigenvalue weighted by Crippen LogP contribution is -2.42. The number of carbonyl (C=O) groups is 1. The van der Waals surface area contributed by atoms with E-state index in [2.05, 4.69) is 6.07 Å². The van der Waals surface area contributed by atoms with Crippen LogP contribution < -0.4 is 5.73 Å². The minimum atomic E-state index is -0.855. The van der Waals surface area contributed by atoms with Crippen molar-refractivity contribution in [1.29, 1.82) is 0 Å². The van der Waals surface area contributed by atoms with E-state index in [1.165, 1.54) is 5.56 Å². The van der Waals surface area contributed by atoms with Crippen molar-refractivity contribution in [3.63, 3.8) is 0 Å². The Labute approximate surface area is 113 Å². The number of rotatable bonds is 2. The Balaban J connectivity index is 2.03. The summed E-state index contributed by atoms with van der Waals surface area (Å²) in [4.78, 5) is 12.7. The first-order valence-corrected chi connectivity index (χ1v) is 6.60. The molecule has 0 aromatic heterocycles. The largest absolute Gasteiger partial charge is 0.315 e. The van der Waals surface area contributed by atoms with Gasteiger partial charge in [0, 0.05) is 5.56 Å². The highest BCUT2D eigenvalue weighted by molar-refractivity contribution is 6.04. The standard InChI is InChI=1S/C17H17NO/c1-12-6-8-14(9-7-12)16(19)17(18)11-10-13-4-2-3-5-15(13)17/h2-9H,10-11,18H2,1H3. The summed E-state index contributed by atoms with van der Waals surface area (Å²) in [5, 5.41) is 0. The van der Waals surface area contributed by atoms with Crippen LogP contribution in [0.15, 0.2) is 48.5 Å². The van der Waals surface area contributed by atoms with Gasteiger partial charge in [-0.3, -0.25) is 4.79 Å². The van der Waals surface area contributed by atoms with Crippen LogP contribution in [0.1, 0.15) is 33.5 Å². The Kier molecular flexibility index (Phi) is 2.76. The van der Waals surface area contributed by atoms with E-state index in [4.69, 9.17) is 5.73 Å². The molecule has 0 saturated heterocycles. The van der Waals surface area contributed by atoms with E-state index in [1.54, 1.807) is 0 Å². The van der Waals surface area contributed by atoms with Crippen LogP contribution in [0.4, 0.5) is 0 Å². The second-order valence-corrected chi connectivity index (χ2v) is 5.32. The number of nitrogens with two attached hydrogens (primary N) is 1. The molecule has 2 aromatic rings. The SMILES string of the molecule is Cc1ccc(C(=O)C2(N)CCc3ccccc32)cc1. The second kappa shape index (κ2) is 4.32. The van der Waals surface area contributed by atoms with Crippen molar-refractivity contribution < 1.29 is 4.79 Å². The number of benzene rings is 2. The molecule has 0 fully saturated rings. The molecule has 19 heavy (non-hydrogen) atoms. The fourth-order valence-corrected chi connectivity index (χ4v) is 2.84. The highest BCUT2D eigenvalue weighted by atomic mass is 16.1. The smallest absolute Gasteiger partial charge is 0.187 e. The number of hydrogen-bond donors (Lipinski definition) is 1. The first kappa shape index (κ1) is 12.1. The zero-order valence-corrected chi connectivity index (χ0v) is 11.0. The molecule has 0 bridgehead atoms. The molecule has 1 atom stereocenters. The minimum Gasteiger partial charge on any atom is -0.315 e. The molecule has 0 saturated carbocycles. The summed E-state index contributed by atoms with van der Waals surface area (Å²) in [7, 11) is 0. The molecule has 1 unspecified atom stereocenters. The van der Waals surface area contributed by atoms with Crippen molar-refractivity contribution in [3.05, 3.63) is 70.8 Å². The second-order valence-electron chi connectivity index (χ2n) is 5.32. The van der Waals surface area contributed by atoms with E-state index in [0.717, 1.165) is 17.5 Å². The molecule has 0 heterocycles. The first-order valence-electron chi connectivity index (χ1n) is 6.60. The van der Waals surface area contributed by atoms with Gasteiger partial charge in [-0.1, -0.05) is 54.1 Å². The lowest BCUT2D eigenvalue weighted by Gasteiger charge is -2.24. The molecule has 2 heteroatoms. The van der Waals surface area contributed by atoms with E-state index in [1.807, 2.05) is 49.4 Å². The minimum absolute atomic E-state index is 0.0254. The van der Waals surface area contributed by atoms with Crippen LogP contribution in [-0.4, -0.2) is 5.78 Å². The molecule has 1 aliphatic rings. The van der Waals surface area contributed by atoms with Gasteiger partial charge in [-0.25, -0.2) is 0 Å². The summed E-state index contributed by atoms with van der Waals surface area (Å²) in [6.07, 6.45) is 1.57. The maximum Gasteiger partial charge on any atom is 0.187 e. The average molecular weight is 251 g/mol. The van der Waals surface area contributed by atoms with Gasteiger partial charge in [0.15, 0.2) is 5.78 Å². The Morgan fingerprint density at radius 3 is 2.53 bits per heavy atom. The fraction of sp³-hybridized carbons (Fsp3) is 0.235. The van der Waals surface area contributed by atoms with Gasteiger partial charge in [-0.05, 0) is 30.9 Å². The summed E-state index contributed by atoms with van der Waals surface area (Å²) >= 11 is 0. The fourth-order valence-electron chi connectivity index (χ4n) is 2.84. The zero-order valence-electron chi connectivity index (χ0n) is 11.0. The Hall–Kier alpha value is -1.93. The molecule has 3 rings (SSSR count). The van der Waals surface area contributed by atoms with E-state index >= 15 is 0 Å². The molecule has 2 aromatic carbocycles. The molecular formula is C17H17NO. The molecule has 96 valence electrons. The number of fused-ring (bicyclic) bond motifs is 1. The summed E-state index contributed by atoms with van der Waals surface area (Å²) in [6, 6.07) is 15.6. The maximum atomic E-state index is 12.7. The van der Waals surface area contributed by atoms with Crippen LogP contribution in [0, 0.1) is 6.92 Å². The van der Waals surface area contributed by atoms with Crippen molar-refractivity contribution in [3.8, 4) is 0 Å². The van der Waals surface area contributed by atoms with Crippen LogP contribution in [0.2, 0.25) is 0 Å². The molecule has 0 aliphatic heterocycles. The van der Waals surface area contributed by atoms with Gasteiger partial charge in [0.1, 0.15) is 5.54 Å². The Morgan fingerprint density at radius 1 is 1.11 bits per heavy atom. The first-order chi connectivity index (χ1) is 9.11. The van der Waals surface area contributed by atoms with Crippen molar-refractivity contribution in [2.75, 3.05) is 0 Å². The van der Waals surface area contributed by atoms with Crippen molar-refractivity contribution in [2.24, 2.45) is 5.73 Å². The lowest BCUT2D eigenvalue weighted by atomic mass is 9.85. The number of Topliss-reactive ketones (excluding diaryl/α,β-unsaturated/α-hetero) is 1. The van der Waals surface area contributed by atoms with Gasteiger partial charge in [0.25, 0.3) is 0 Å². The van der Waals surface area contributed by atoms with Crippen LogP contribution in [0.25, 0.3) is 0 Å². The van der Waals surface area contributed by atoms with Crippen molar-refractivity contribution >= 4 is 5.78 Å². The molecule has 2 N–H and O–H groups in total. The number of aryl methyl sites for hydroxylation is 2. The van der Waals surface area contributed by atoms with Gasteiger partial charge in [0.05, 0.1) is 0 Å². The van der Waals surface area contributed by atoms with Crippen LogP contribution in [0.3, 0.4) is 0 Å². The van der Waals surface area contributed by atoms with E-state index in [0.29, 0.717) is 12.0 Å². The highest BCUT2D eigenvalue weighted by Crippen LogP contribution is 2.37. The summed E-state index contributed by atoms with van der Waals surface area (Å²) in [6.45, 7) is 2.01. The van der Waals surface area contributed by atoms with Gasteiger partial charge in [-0.15, -0.1) is 0 Å². The molecular weight excluding hydrogens is 234 g/mol. The monoisotopic (exact) mass is 251 g/mol. The molecule has 0 amide bonds. The molecule has 0 radical (unpaired) electrons. The highest BCUT2D eigenvalue weighted by Gasteiger charge is 2.41. The number of ketones is 1. The molecule has 0 spiro atoms. The predicted octanol–water partition coefficient (Wildman–Crippen LogP) is 2.98. The van der Waals surface area contributed by atoms with Crippen molar-refractivity contribution in [1.82, 2.24) is 0 Å². The van der Waals surface area contributed by atoms with Crippen LogP contribution in [-0.2, 0) is 12.0 Å². The third kappa shape index (κ3) is 1.89. The van der Waals surface area contributed by atoms with Gasteiger partial charge in [0.2, 0.25) is 0 Å². The van der Waals surface area contributed by atoms with E-state index < -0.39 is 5.54 Å².